The highest BCUT2D eigenvalue weighted by atomic mass is 14.5. The summed E-state index contributed by atoms with van der Waals surface area (Å²) in [7, 11) is 0. The van der Waals surface area contributed by atoms with E-state index < -0.39 is 0 Å². The van der Waals surface area contributed by atoms with Gasteiger partial charge in [-0.05, 0) is 113 Å². The van der Waals surface area contributed by atoms with Crippen LogP contribution in [0.2, 0.25) is 0 Å². The number of benzene rings is 6. The first kappa shape index (κ1) is 25.2. The van der Waals surface area contributed by atoms with Gasteiger partial charge in [0.1, 0.15) is 0 Å². The lowest BCUT2D eigenvalue weighted by atomic mass is 9.66. The molecular formula is C44H38. The predicted octanol–water partition coefficient (Wildman–Crippen LogP) is 11.8. The van der Waals surface area contributed by atoms with E-state index in [2.05, 4.69) is 125 Å². The van der Waals surface area contributed by atoms with Crippen LogP contribution in [0.1, 0.15) is 93.2 Å². The Hall–Kier alpha value is -4.16. The topological polar surface area (TPSA) is 0 Å². The van der Waals surface area contributed by atoms with Crippen LogP contribution in [0.15, 0.2) is 97.1 Å². The van der Waals surface area contributed by atoms with Gasteiger partial charge in [0.25, 0.3) is 0 Å². The molecule has 0 N–H and O–H groups in total. The number of hydrogen-bond donors (Lipinski definition) is 0. The van der Waals surface area contributed by atoms with Crippen molar-refractivity contribution < 1.29 is 0 Å². The van der Waals surface area contributed by atoms with Crippen LogP contribution in [-0.4, -0.2) is 0 Å². The quantitative estimate of drug-likeness (QED) is 0.172. The molecular weight excluding hydrogens is 528 g/mol. The Labute approximate surface area is 260 Å². The second-order valence-corrected chi connectivity index (χ2v) is 15.2. The van der Waals surface area contributed by atoms with E-state index in [-0.39, 0.29) is 16.2 Å². The van der Waals surface area contributed by atoms with Crippen molar-refractivity contribution in [1.82, 2.24) is 0 Å². The monoisotopic (exact) mass is 566 g/mol. The van der Waals surface area contributed by atoms with Crippen LogP contribution in [0, 0.1) is 0 Å². The Morgan fingerprint density at radius 2 is 0.864 bits per heavy atom. The summed E-state index contributed by atoms with van der Waals surface area (Å²) in [6.07, 6.45) is 6.51. The van der Waals surface area contributed by atoms with Crippen molar-refractivity contribution in [1.29, 1.82) is 0 Å². The molecule has 0 unspecified atom stereocenters. The molecule has 0 atom stereocenters. The van der Waals surface area contributed by atoms with Crippen molar-refractivity contribution in [2.75, 3.05) is 0 Å². The zero-order valence-electron chi connectivity index (χ0n) is 26.3. The molecule has 1 fully saturated rings. The maximum Gasteiger partial charge on any atom is 0.0215 e. The highest BCUT2D eigenvalue weighted by Crippen LogP contribution is 2.63. The van der Waals surface area contributed by atoms with Crippen molar-refractivity contribution in [2.24, 2.45) is 0 Å². The zero-order chi connectivity index (χ0) is 29.6. The number of hydrogen-bond acceptors (Lipinski definition) is 0. The lowest BCUT2D eigenvalue weighted by molar-refractivity contribution is 0.352. The van der Waals surface area contributed by atoms with E-state index in [1.165, 1.54) is 109 Å². The summed E-state index contributed by atoms with van der Waals surface area (Å²) in [5, 5.41) is 5.45. The molecule has 44 heavy (non-hydrogen) atoms. The lowest BCUT2D eigenvalue weighted by Crippen LogP contribution is -2.29. The van der Waals surface area contributed by atoms with Gasteiger partial charge in [-0.25, -0.2) is 0 Å². The Balaban J connectivity index is 1.30. The minimum absolute atomic E-state index is 0.0179. The van der Waals surface area contributed by atoms with Crippen LogP contribution >= 0.6 is 0 Å². The van der Waals surface area contributed by atoms with E-state index >= 15 is 0 Å². The zero-order valence-corrected chi connectivity index (χ0v) is 26.3. The third-order valence-corrected chi connectivity index (χ3v) is 12.4. The summed E-state index contributed by atoms with van der Waals surface area (Å²) < 4.78 is 0. The Morgan fingerprint density at radius 3 is 1.34 bits per heavy atom. The van der Waals surface area contributed by atoms with Gasteiger partial charge in [-0.3, -0.25) is 0 Å². The van der Waals surface area contributed by atoms with Gasteiger partial charge in [-0.2, -0.15) is 0 Å². The van der Waals surface area contributed by atoms with Crippen LogP contribution < -0.4 is 0 Å². The Kier molecular flexibility index (Phi) is 4.64. The lowest BCUT2D eigenvalue weighted by Gasteiger charge is -2.37. The van der Waals surface area contributed by atoms with Crippen molar-refractivity contribution in [3.05, 3.63) is 130 Å². The molecule has 0 saturated heterocycles. The fourth-order valence-electron chi connectivity index (χ4n) is 10.2. The summed E-state index contributed by atoms with van der Waals surface area (Å²) in [5.74, 6) is 0. The molecule has 0 aliphatic heterocycles. The summed E-state index contributed by atoms with van der Waals surface area (Å²) in [6.45, 7) is 9.81. The summed E-state index contributed by atoms with van der Waals surface area (Å²) in [4.78, 5) is 0. The molecule has 0 bridgehead atoms. The average molecular weight is 567 g/mol. The van der Waals surface area contributed by atoms with Crippen molar-refractivity contribution in [3.63, 3.8) is 0 Å². The molecule has 0 heteroatoms. The smallest absolute Gasteiger partial charge is 0.0215 e. The molecule has 0 nitrogen and oxygen atoms in total. The van der Waals surface area contributed by atoms with Crippen molar-refractivity contribution >= 4 is 21.5 Å². The molecule has 0 heterocycles. The molecule has 10 rings (SSSR count). The fourth-order valence-corrected chi connectivity index (χ4v) is 10.2. The summed E-state index contributed by atoms with van der Waals surface area (Å²) in [6, 6.07) is 38.1. The molecule has 0 radical (unpaired) electrons. The van der Waals surface area contributed by atoms with Gasteiger partial charge >= 0.3 is 0 Å². The third-order valence-electron chi connectivity index (χ3n) is 12.4. The normalized spacial score (nSPS) is 19.0. The van der Waals surface area contributed by atoms with Gasteiger partial charge in [0.15, 0.2) is 0 Å². The van der Waals surface area contributed by atoms with E-state index in [0.717, 1.165) is 0 Å². The molecule has 4 aliphatic rings. The van der Waals surface area contributed by atoms with Gasteiger partial charge in [0.2, 0.25) is 0 Å². The molecule has 4 aliphatic carbocycles. The van der Waals surface area contributed by atoms with Crippen LogP contribution in [0.4, 0.5) is 0 Å². The van der Waals surface area contributed by atoms with Crippen LogP contribution in [0.3, 0.4) is 0 Å². The van der Waals surface area contributed by atoms with Crippen molar-refractivity contribution in [2.45, 2.75) is 76.0 Å². The predicted molar refractivity (Wildman–Crippen MR) is 186 cm³/mol. The first-order valence-corrected chi connectivity index (χ1v) is 16.7. The van der Waals surface area contributed by atoms with Gasteiger partial charge in [-0.1, -0.05) is 132 Å². The van der Waals surface area contributed by atoms with E-state index in [4.69, 9.17) is 0 Å². The molecule has 214 valence electrons. The Bertz CT molecular complexity index is 2090. The van der Waals surface area contributed by atoms with Gasteiger partial charge in [0, 0.05) is 16.2 Å². The van der Waals surface area contributed by atoms with Gasteiger partial charge in [-0.15, -0.1) is 0 Å². The highest BCUT2D eigenvalue weighted by molar-refractivity contribution is 6.06. The number of fused-ring (bicyclic) bond motifs is 15. The molecule has 0 amide bonds. The fraction of sp³-hybridized carbons (Fsp3) is 0.273. The van der Waals surface area contributed by atoms with Crippen LogP contribution in [-0.2, 0) is 16.2 Å². The molecule has 0 aromatic heterocycles. The van der Waals surface area contributed by atoms with E-state index in [1.54, 1.807) is 11.1 Å². The first-order valence-electron chi connectivity index (χ1n) is 16.7. The largest absolute Gasteiger partial charge is 0.0616 e. The third kappa shape index (κ3) is 2.87. The SMILES string of the molecule is CC1(C)c2cc3c(cc2-c2c1ccc1ccccc21)-c1cc2c(cc1C31CCCCC1)C(C)(C)c1ccc3ccccc3c1-2. The maximum absolute atomic E-state index is 2.68. The summed E-state index contributed by atoms with van der Waals surface area (Å²) >= 11 is 0. The number of rotatable bonds is 0. The van der Waals surface area contributed by atoms with E-state index in [0.29, 0.717) is 0 Å². The second-order valence-electron chi connectivity index (χ2n) is 15.2. The average Bonchev–Trinajstić information content (AvgIpc) is 3.53. The standard InChI is InChI=1S/C44H38/c1-42(2)34-18-16-26-12-6-8-14-28(26)40(34)32-22-30-31-23-33-37(25-39(31)44(20-10-5-11-21-44)38(30)24-36(32)42)43(3,4)35-19-17-27-13-7-9-15-29(27)41(33)35/h6-9,12-19,22-25H,5,10-11,20-21H2,1-4H3. The molecule has 6 aromatic rings. The highest BCUT2D eigenvalue weighted by Gasteiger charge is 2.49. The minimum Gasteiger partial charge on any atom is -0.0616 e. The van der Waals surface area contributed by atoms with Crippen molar-refractivity contribution in [3.8, 4) is 33.4 Å². The molecule has 1 saturated carbocycles. The maximum atomic E-state index is 2.68. The molecule has 1 spiro atoms. The second kappa shape index (κ2) is 8.10. The van der Waals surface area contributed by atoms with Gasteiger partial charge < -0.3 is 0 Å². The van der Waals surface area contributed by atoms with Crippen LogP contribution in [0.25, 0.3) is 54.9 Å². The molecule has 6 aromatic carbocycles. The summed E-state index contributed by atoms with van der Waals surface area (Å²) in [5.41, 5.74) is 18.1. The minimum atomic E-state index is -0.0179. The first-order chi connectivity index (χ1) is 21.3. The Morgan fingerprint density at radius 1 is 0.409 bits per heavy atom. The van der Waals surface area contributed by atoms with E-state index in [1.807, 2.05) is 0 Å². The van der Waals surface area contributed by atoms with Crippen LogP contribution in [0.5, 0.6) is 0 Å². The van der Waals surface area contributed by atoms with Gasteiger partial charge in [0.05, 0.1) is 0 Å². The van der Waals surface area contributed by atoms with E-state index in [9.17, 15) is 0 Å².